The number of carbonyl (C=O) groups excluding carboxylic acids is 2. The normalized spacial score (nSPS) is 16.4. The number of aliphatic hydroxyl groups excluding tert-OH is 1. The molecule has 0 saturated heterocycles. The number of ketones is 1. The number of benzene rings is 2. The summed E-state index contributed by atoms with van der Waals surface area (Å²) in [5, 5.41) is 10.3. The van der Waals surface area contributed by atoms with Crippen LogP contribution in [0.2, 0.25) is 0 Å². The fourth-order valence-electron chi connectivity index (χ4n) is 4.03. The Hall–Kier alpha value is -2.92. The number of rotatable bonds is 4. The van der Waals surface area contributed by atoms with Crippen molar-refractivity contribution in [3.05, 3.63) is 70.9 Å². The van der Waals surface area contributed by atoms with Gasteiger partial charge in [-0.1, -0.05) is 36.4 Å². The minimum atomic E-state index is -0.447. The number of esters is 1. The van der Waals surface area contributed by atoms with E-state index in [2.05, 4.69) is 4.57 Å². The summed E-state index contributed by atoms with van der Waals surface area (Å²) in [6.07, 6.45) is 0.906. The van der Waals surface area contributed by atoms with Gasteiger partial charge in [-0.3, -0.25) is 4.79 Å². The lowest BCUT2D eigenvalue weighted by Crippen LogP contribution is -2.24. The molecule has 0 aliphatic heterocycles. The van der Waals surface area contributed by atoms with Gasteiger partial charge in [-0.25, -0.2) is 4.79 Å². The maximum atomic E-state index is 12.9. The van der Waals surface area contributed by atoms with Gasteiger partial charge in [0.15, 0.2) is 5.78 Å². The first-order valence-electron chi connectivity index (χ1n) is 9.04. The first-order chi connectivity index (χ1) is 13.1. The number of fused-ring (bicyclic) bond motifs is 3. The molecule has 1 unspecified atom stereocenters. The van der Waals surface area contributed by atoms with Crippen molar-refractivity contribution in [1.82, 2.24) is 4.57 Å². The van der Waals surface area contributed by atoms with Gasteiger partial charge in [0, 0.05) is 36.2 Å². The molecule has 1 aliphatic carbocycles. The van der Waals surface area contributed by atoms with Gasteiger partial charge in [-0.2, -0.15) is 0 Å². The SMILES string of the molecule is COC(=O)c1cccc2c1c1c(n2Cc2ccccc2)CC(CO)CC1=O. The summed E-state index contributed by atoms with van der Waals surface area (Å²) in [5.41, 5.74) is 3.86. The van der Waals surface area contributed by atoms with Crippen molar-refractivity contribution >= 4 is 22.7 Å². The van der Waals surface area contributed by atoms with Gasteiger partial charge in [0.05, 0.1) is 18.2 Å². The molecular weight excluding hydrogens is 342 g/mol. The van der Waals surface area contributed by atoms with Crippen molar-refractivity contribution in [3.8, 4) is 0 Å². The average molecular weight is 363 g/mol. The van der Waals surface area contributed by atoms with Crippen LogP contribution in [0.1, 0.15) is 38.4 Å². The molecular formula is C22H21NO4. The van der Waals surface area contributed by atoms with Crippen molar-refractivity contribution in [2.75, 3.05) is 13.7 Å². The van der Waals surface area contributed by atoms with Crippen molar-refractivity contribution in [3.63, 3.8) is 0 Å². The summed E-state index contributed by atoms with van der Waals surface area (Å²) >= 11 is 0. The van der Waals surface area contributed by atoms with Crippen molar-refractivity contribution in [2.45, 2.75) is 19.4 Å². The molecule has 5 heteroatoms. The minimum Gasteiger partial charge on any atom is -0.465 e. The number of nitrogens with zero attached hydrogens (tertiary/aromatic N) is 1. The predicted octanol–water partition coefficient (Wildman–Crippen LogP) is 3.21. The fourth-order valence-corrected chi connectivity index (χ4v) is 4.03. The van der Waals surface area contributed by atoms with Crippen LogP contribution in [-0.4, -0.2) is 35.1 Å². The number of methoxy groups -OCH3 is 1. The summed E-state index contributed by atoms with van der Waals surface area (Å²) in [4.78, 5) is 25.2. The van der Waals surface area contributed by atoms with E-state index < -0.39 is 5.97 Å². The molecule has 0 bridgehead atoms. The largest absolute Gasteiger partial charge is 0.465 e. The monoisotopic (exact) mass is 363 g/mol. The molecule has 0 fully saturated rings. The Labute approximate surface area is 157 Å². The third-order valence-electron chi connectivity index (χ3n) is 5.28. The van der Waals surface area contributed by atoms with Gasteiger partial charge in [0.1, 0.15) is 0 Å². The van der Waals surface area contributed by atoms with Crippen LogP contribution in [0.25, 0.3) is 10.9 Å². The molecule has 1 atom stereocenters. The maximum absolute atomic E-state index is 12.9. The summed E-state index contributed by atoms with van der Waals surface area (Å²) < 4.78 is 7.04. The first-order valence-corrected chi connectivity index (χ1v) is 9.04. The van der Waals surface area contributed by atoms with Gasteiger partial charge in [-0.05, 0) is 30.0 Å². The molecule has 1 aliphatic rings. The Kier molecular flexibility index (Phi) is 4.54. The third-order valence-corrected chi connectivity index (χ3v) is 5.28. The summed E-state index contributed by atoms with van der Waals surface area (Å²) in [5.74, 6) is -0.564. The van der Waals surface area contributed by atoms with E-state index in [1.54, 1.807) is 6.07 Å². The molecule has 0 amide bonds. The molecule has 0 radical (unpaired) electrons. The molecule has 3 aromatic rings. The van der Waals surface area contributed by atoms with Crippen LogP contribution in [0.4, 0.5) is 0 Å². The molecule has 5 nitrogen and oxygen atoms in total. The number of aromatic nitrogens is 1. The van der Waals surface area contributed by atoms with Crippen molar-refractivity contribution in [2.24, 2.45) is 5.92 Å². The second-order valence-corrected chi connectivity index (χ2v) is 6.96. The number of hydrogen-bond acceptors (Lipinski definition) is 4. The molecule has 2 aromatic carbocycles. The highest BCUT2D eigenvalue weighted by molar-refractivity contribution is 6.16. The van der Waals surface area contributed by atoms with E-state index in [4.69, 9.17) is 4.74 Å². The van der Waals surface area contributed by atoms with E-state index in [0.717, 1.165) is 16.8 Å². The summed E-state index contributed by atoms with van der Waals surface area (Å²) in [7, 11) is 1.35. The van der Waals surface area contributed by atoms with Crippen molar-refractivity contribution < 1.29 is 19.4 Å². The number of hydrogen-bond donors (Lipinski definition) is 1. The number of ether oxygens (including phenoxy) is 1. The molecule has 1 heterocycles. The Morgan fingerprint density at radius 2 is 1.93 bits per heavy atom. The lowest BCUT2D eigenvalue weighted by atomic mass is 9.85. The lowest BCUT2D eigenvalue weighted by molar-refractivity contribution is 0.0603. The Morgan fingerprint density at radius 3 is 2.63 bits per heavy atom. The zero-order chi connectivity index (χ0) is 19.0. The van der Waals surface area contributed by atoms with Crippen LogP contribution >= 0.6 is 0 Å². The van der Waals surface area contributed by atoms with Gasteiger partial charge in [0.2, 0.25) is 0 Å². The van der Waals surface area contributed by atoms with Crippen LogP contribution in [0.5, 0.6) is 0 Å². The van der Waals surface area contributed by atoms with Gasteiger partial charge >= 0.3 is 5.97 Å². The first kappa shape index (κ1) is 17.5. The lowest BCUT2D eigenvalue weighted by Gasteiger charge is -2.22. The standard InChI is InChI=1S/C22H21NO4/c1-27-22(26)16-8-5-9-17-20(16)21-18(10-15(13-24)11-19(21)25)23(17)12-14-6-3-2-4-7-14/h2-9,15,24H,10-13H2,1H3. The molecule has 27 heavy (non-hydrogen) atoms. The quantitative estimate of drug-likeness (QED) is 0.723. The zero-order valence-electron chi connectivity index (χ0n) is 15.1. The topological polar surface area (TPSA) is 68.5 Å². The van der Waals surface area contributed by atoms with E-state index in [1.807, 2.05) is 42.5 Å². The maximum Gasteiger partial charge on any atom is 0.338 e. The smallest absolute Gasteiger partial charge is 0.338 e. The summed E-state index contributed by atoms with van der Waals surface area (Å²) in [6, 6.07) is 15.5. The van der Waals surface area contributed by atoms with E-state index >= 15 is 0 Å². The highest BCUT2D eigenvalue weighted by atomic mass is 16.5. The fraction of sp³-hybridized carbons (Fsp3) is 0.273. The zero-order valence-corrected chi connectivity index (χ0v) is 15.1. The highest BCUT2D eigenvalue weighted by Crippen LogP contribution is 2.36. The molecule has 0 spiro atoms. The van der Waals surface area contributed by atoms with Crippen LogP contribution in [-0.2, 0) is 17.7 Å². The number of Topliss-reactive ketones (excluding diaryl/α,β-unsaturated/α-hetero) is 1. The van der Waals surface area contributed by atoms with Gasteiger partial charge < -0.3 is 14.4 Å². The van der Waals surface area contributed by atoms with Crippen LogP contribution in [0.3, 0.4) is 0 Å². The molecule has 138 valence electrons. The second-order valence-electron chi connectivity index (χ2n) is 6.96. The average Bonchev–Trinajstić information content (AvgIpc) is 3.02. The van der Waals surface area contributed by atoms with E-state index in [9.17, 15) is 14.7 Å². The van der Waals surface area contributed by atoms with Crippen LogP contribution < -0.4 is 0 Å². The molecule has 1 aromatic heterocycles. The second kappa shape index (κ2) is 7.00. The molecule has 4 rings (SSSR count). The van der Waals surface area contributed by atoms with E-state index in [1.165, 1.54) is 7.11 Å². The number of aliphatic hydroxyl groups is 1. The van der Waals surface area contributed by atoms with Crippen LogP contribution in [0.15, 0.2) is 48.5 Å². The van der Waals surface area contributed by atoms with E-state index in [-0.39, 0.29) is 18.3 Å². The summed E-state index contributed by atoms with van der Waals surface area (Å²) in [6.45, 7) is 0.574. The van der Waals surface area contributed by atoms with E-state index in [0.29, 0.717) is 35.9 Å². The van der Waals surface area contributed by atoms with Crippen LogP contribution in [0, 0.1) is 5.92 Å². The third kappa shape index (κ3) is 2.94. The Bertz CT molecular complexity index is 1020. The highest BCUT2D eigenvalue weighted by Gasteiger charge is 2.32. The van der Waals surface area contributed by atoms with Gasteiger partial charge in [0.25, 0.3) is 0 Å². The predicted molar refractivity (Wildman–Crippen MR) is 102 cm³/mol. The molecule has 0 saturated carbocycles. The minimum absolute atomic E-state index is 0.0246. The molecule has 1 N–H and O–H groups in total. The number of carbonyl (C=O) groups is 2. The Balaban J connectivity index is 1.99. The Morgan fingerprint density at radius 1 is 1.15 bits per heavy atom. The van der Waals surface area contributed by atoms with Crippen molar-refractivity contribution in [1.29, 1.82) is 0 Å². The van der Waals surface area contributed by atoms with Gasteiger partial charge in [-0.15, -0.1) is 0 Å².